The Labute approximate surface area is 254 Å². The van der Waals surface area contributed by atoms with E-state index in [1.54, 1.807) is 12.2 Å². The Morgan fingerprint density at radius 2 is 1.70 bits per heavy atom. The van der Waals surface area contributed by atoms with Crippen molar-refractivity contribution in [2.75, 3.05) is 0 Å². The lowest BCUT2D eigenvalue weighted by Gasteiger charge is -2.63. The topological polar surface area (TPSA) is 118 Å². The molecule has 0 aromatic heterocycles. The van der Waals surface area contributed by atoms with Crippen LogP contribution in [0.5, 0.6) is 0 Å². The zero-order valence-corrected chi connectivity index (χ0v) is 27.0. The van der Waals surface area contributed by atoms with E-state index >= 15 is 0 Å². The summed E-state index contributed by atoms with van der Waals surface area (Å²) in [6.07, 6.45) is 5.29. The van der Waals surface area contributed by atoms with Gasteiger partial charge < -0.3 is 28.8 Å². The SMILES string of the molecule is CC(=O)OC1CC2=CC(=O)C=CC2(C)C2C(O)C(OC(C)=O)C3(C)C(C(C)C4CC5(C)OC(C)(O4)OC5(C)C)CCC3C12. The summed E-state index contributed by atoms with van der Waals surface area (Å²) >= 11 is 0. The first-order valence-electron chi connectivity index (χ1n) is 15.9. The molecule has 13 atom stereocenters. The summed E-state index contributed by atoms with van der Waals surface area (Å²) in [6, 6.07) is 0. The molecular weight excluding hydrogens is 552 g/mol. The molecule has 3 saturated carbocycles. The number of ether oxygens (including phenoxy) is 5. The number of carbonyl (C=O) groups is 3. The molecule has 2 bridgehead atoms. The van der Waals surface area contributed by atoms with Crippen LogP contribution in [0, 0.1) is 40.4 Å². The fraction of sp³-hybridized carbons (Fsp3) is 0.794. The van der Waals surface area contributed by atoms with E-state index in [-0.39, 0.29) is 41.5 Å². The van der Waals surface area contributed by atoms with Crippen LogP contribution in [-0.4, -0.2) is 64.4 Å². The average Bonchev–Trinajstić information content (AvgIpc) is 3.28. The Hall–Kier alpha value is -2.07. The third-order valence-corrected chi connectivity index (χ3v) is 12.6. The van der Waals surface area contributed by atoms with Gasteiger partial charge in [-0.3, -0.25) is 14.4 Å². The maximum atomic E-state index is 12.7. The number of ketones is 1. The Morgan fingerprint density at radius 1 is 1.02 bits per heavy atom. The first kappa shape index (κ1) is 30.9. The summed E-state index contributed by atoms with van der Waals surface area (Å²) in [4.78, 5) is 37.5. The first-order chi connectivity index (χ1) is 19.9. The minimum Gasteiger partial charge on any atom is -0.462 e. The van der Waals surface area contributed by atoms with Gasteiger partial charge in [-0.15, -0.1) is 0 Å². The van der Waals surface area contributed by atoms with Gasteiger partial charge >= 0.3 is 11.9 Å². The van der Waals surface area contributed by atoms with Crippen molar-refractivity contribution >= 4 is 17.7 Å². The van der Waals surface area contributed by atoms with E-state index in [0.717, 1.165) is 18.4 Å². The zero-order chi connectivity index (χ0) is 31.5. The van der Waals surface area contributed by atoms with E-state index in [0.29, 0.717) is 12.8 Å². The molecule has 9 heteroatoms. The predicted octanol–water partition coefficient (Wildman–Crippen LogP) is 4.65. The Kier molecular flexibility index (Phi) is 6.99. The molecule has 0 aromatic carbocycles. The van der Waals surface area contributed by atoms with Gasteiger partial charge in [-0.1, -0.05) is 32.4 Å². The van der Waals surface area contributed by atoms with Crippen LogP contribution >= 0.6 is 0 Å². The minimum atomic E-state index is -1.16. The Morgan fingerprint density at radius 3 is 2.33 bits per heavy atom. The summed E-state index contributed by atoms with van der Waals surface area (Å²) in [5.41, 5.74) is -1.52. The number of fused-ring (bicyclic) bond motifs is 7. The third-order valence-electron chi connectivity index (χ3n) is 12.6. The van der Waals surface area contributed by atoms with Gasteiger partial charge in [-0.25, -0.2) is 0 Å². The maximum absolute atomic E-state index is 12.7. The molecule has 2 aliphatic heterocycles. The molecule has 6 aliphatic rings. The van der Waals surface area contributed by atoms with Gasteiger partial charge in [0.1, 0.15) is 17.8 Å². The van der Waals surface area contributed by atoms with Crippen molar-refractivity contribution in [3.8, 4) is 0 Å². The number of carbonyl (C=O) groups excluding carboxylic acids is 3. The van der Waals surface area contributed by atoms with E-state index in [1.807, 2.05) is 33.8 Å². The smallest absolute Gasteiger partial charge is 0.303 e. The van der Waals surface area contributed by atoms with Crippen LogP contribution in [0.25, 0.3) is 0 Å². The van der Waals surface area contributed by atoms with Crippen LogP contribution in [0.4, 0.5) is 0 Å². The normalized spacial score (nSPS) is 50.2. The molecule has 6 rings (SSSR count). The highest BCUT2D eigenvalue weighted by Gasteiger charge is 2.71. The van der Waals surface area contributed by atoms with E-state index in [1.165, 1.54) is 13.8 Å². The predicted molar refractivity (Wildman–Crippen MR) is 155 cm³/mol. The molecule has 9 nitrogen and oxygen atoms in total. The van der Waals surface area contributed by atoms with Crippen LogP contribution < -0.4 is 0 Å². The molecule has 0 radical (unpaired) electrons. The van der Waals surface area contributed by atoms with Gasteiger partial charge in [0.25, 0.3) is 5.97 Å². The molecule has 43 heavy (non-hydrogen) atoms. The molecule has 2 heterocycles. The lowest BCUT2D eigenvalue weighted by Crippen LogP contribution is -2.67. The number of aliphatic hydroxyl groups excluding tert-OH is 1. The van der Waals surface area contributed by atoms with E-state index in [4.69, 9.17) is 23.7 Å². The number of rotatable bonds is 4. The highest BCUT2D eigenvalue weighted by atomic mass is 16.9. The lowest BCUT2D eigenvalue weighted by atomic mass is 9.44. The molecule has 1 N–H and O–H groups in total. The van der Waals surface area contributed by atoms with Crippen molar-refractivity contribution in [2.24, 2.45) is 40.4 Å². The summed E-state index contributed by atoms with van der Waals surface area (Å²) in [7, 11) is 0. The number of hydrogen-bond donors (Lipinski definition) is 1. The van der Waals surface area contributed by atoms with Crippen LogP contribution in [0.3, 0.4) is 0 Å². The zero-order valence-electron chi connectivity index (χ0n) is 27.0. The second-order valence-corrected chi connectivity index (χ2v) is 15.3. The summed E-state index contributed by atoms with van der Waals surface area (Å²) in [6.45, 7) is 17.2. The molecule has 2 saturated heterocycles. The lowest BCUT2D eigenvalue weighted by molar-refractivity contribution is -0.386. The Balaban J connectivity index is 1.42. The monoisotopic (exact) mass is 600 g/mol. The fourth-order valence-corrected chi connectivity index (χ4v) is 10.5. The summed E-state index contributed by atoms with van der Waals surface area (Å²) in [5.74, 6) is -2.69. The highest BCUT2D eigenvalue weighted by Crippen LogP contribution is 2.68. The third kappa shape index (κ3) is 4.43. The second-order valence-electron chi connectivity index (χ2n) is 15.3. The quantitative estimate of drug-likeness (QED) is 0.460. The molecule has 4 aliphatic carbocycles. The fourth-order valence-electron chi connectivity index (χ4n) is 10.5. The van der Waals surface area contributed by atoms with Crippen LogP contribution in [0.1, 0.15) is 88.0 Å². The van der Waals surface area contributed by atoms with Crippen LogP contribution in [0.15, 0.2) is 23.8 Å². The second kappa shape index (κ2) is 9.71. The van der Waals surface area contributed by atoms with Crippen molar-refractivity contribution in [2.45, 2.75) is 130 Å². The molecule has 0 spiro atoms. The van der Waals surface area contributed by atoms with E-state index in [9.17, 15) is 19.5 Å². The largest absolute Gasteiger partial charge is 0.462 e. The number of esters is 2. The van der Waals surface area contributed by atoms with Crippen molar-refractivity contribution in [3.63, 3.8) is 0 Å². The van der Waals surface area contributed by atoms with Crippen molar-refractivity contribution in [3.05, 3.63) is 23.8 Å². The molecule has 13 unspecified atom stereocenters. The van der Waals surface area contributed by atoms with Crippen molar-refractivity contribution in [1.29, 1.82) is 0 Å². The average molecular weight is 601 g/mol. The molecular formula is C34H48O9. The number of allylic oxidation sites excluding steroid dienone is 3. The van der Waals surface area contributed by atoms with Gasteiger partial charge in [0.2, 0.25) is 0 Å². The molecule has 0 amide bonds. The maximum Gasteiger partial charge on any atom is 0.303 e. The highest BCUT2D eigenvalue weighted by molar-refractivity contribution is 6.01. The van der Waals surface area contributed by atoms with Gasteiger partial charge in [0, 0.05) is 56.3 Å². The van der Waals surface area contributed by atoms with Crippen molar-refractivity contribution < 1.29 is 43.2 Å². The number of aliphatic hydroxyl groups is 1. The van der Waals surface area contributed by atoms with E-state index < -0.39 is 58.2 Å². The van der Waals surface area contributed by atoms with Crippen molar-refractivity contribution in [1.82, 2.24) is 0 Å². The van der Waals surface area contributed by atoms with Gasteiger partial charge in [0.15, 0.2) is 5.78 Å². The van der Waals surface area contributed by atoms with Gasteiger partial charge in [-0.2, -0.15) is 0 Å². The Bertz CT molecular complexity index is 1280. The van der Waals surface area contributed by atoms with E-state index in [2.05, 4.69) is 20.8 Å². The number of hydrogen-bond acceptors (Lipinski definition) is 9. The summed E-state index contributed by atoms with van der Waals surface area (Å²) < 4.78 is 31.3. The first-order valence-corrected chi connectivity index (χ1v) is 15.9. The minimum absolute atomic E-state index is 0.0121. The van der Waals surface area contributed by atoms with Crippen LogP contribution in [0.2, 0.25) is 0 Å². The molecule has 5 fully saturated rings. The standard InChI is InChI=1S/C34H48O9/c1-17(25-16-32(7)30(4,5)42-34(9,41-25)43-32)22-10-11-23-26-24(39-18(2)35)15-20-14-21(37)12-13-31(20,6)27(26)28(38)29(33(22,23)8)40-19(3)36/h12-14,17,22-29,38H,10-11,15-16H2,1-9H3. The van der Waals surface area contributed by atoms with Gasteiger partial charge in [-0.05, 0) is 63.5 Å². The van der Waals surface area contributed by atoms with Gasteiger partial charge in [0.05, 0.1) is 17.8 Å². The molecule has 0 aromatic rings. The molecule has 238 valence electrons. The van der Waals surface area contributed by atoms with Crippen LogP contribution in [-0.2, 0) is 38.1 Å². The summed E-state index contributed by atoms with van der Waals surface area (Å²) in [5, 5.41) is 12.4.